The smallest absolute Gasteiger partial charge is 0.180 e. The van der Waals surface area contributed by atoms with Gasteiger partial charge in [0.1, 0.15) is 6.79 Å². The molecule has 0 spiro atoms. The lowest BCUT2D eigenvalue weighted by Gasteiger charge is -2.05. The van der Waals surface area contributed by atoms with Gasteiger partial charge in [-0.15, -0.1) is 0 Å². The zero-order valence-corrected chi connectivity index (χ0v) is 4.70. The average molecular weight is 122 g/mol. The molecule has 0 aliphatic heterocycles. The van der Waals surface area contributed by atoms with Crippen LogP contribution in [0.5, 0.6) is 0 Å². The van der Waals surface area contributed by atoms with E-state index in [0.717, 1.165) is 0 Å². The maximum atomic E-state index is 8.44. The molecule has 0 aliphatic rings. The predicted molar refractivity (Wildman–Crippen MR) is 26.1 cm³/mol. The highest BCUT2D eigenvalue weighted by Crippen LogP contribution is 1.82. The van der Waals surface area contributed by atoms with Gasteiger partial charge >= 0.3 is 0 Å². The van der Waals surface area contributed by atoms with Gasteiger partial charge in [-0.3, -0.25) is 0 Å². The molecule has 4 nitrogen and oxygen atoms in total. The lowest BCUT2D eigenvalue weighted by Crippen LogP contribution is -2.17. The van der Waals surface area contributed by atoms with Gasteiger partial charge in [0.25, 0.3) is 0 Å². The summed E-state index contributed by atoms with van der Waals surface area (Å²) in [6.45, 7) is -0.398. The highest BCUT2D eigenvalue weighted by atomic mass is 16.7. The zero-order valence-electron chi connectivity index (χ0n) is 4.70. The molecule has 0 saturated heterocycles. The third-order valence-corrected chi connectivity index (χ3v) is 0.534. The van der Waals surface area contributed by atoms with Crippen LogP contribution in [0.3, 0.4) is 0 Å². The third-order valence-electron chi connectivity index (χ3n) is 0.534. The molecule has 0 bridgehead atoms. The molecule has 0 aromatic heterocycles. The van der Waals surface area contributed by atoms with Crippen LogP contribution in [-0.4, -0.2) is 37.0 Å². The highest BCUT2D eigenvalue weighted by Gasteiger charge is 1.97. The van der Waals surface area contributed by atoms with Gasteiger partial charge in [0, 0.05) is 7.11 Å². The van der Waals surface area contributed by atoms with E-state index in [9.17, 15) is 0 Å². The Bertz CT molecular complexity index is 47.3. The quantitative estimate of drug-likeness (QED) is 0.465. The van der Waals surface area contributed by atoms with E-state index in [2.05, 4.69) is 9.47 Å². The minimum Gasteiger partial charge on any atom is -0.391 e. The first-order valence-electron chi connectivity index (χ1n) is 2.20. The minimum atomic E-state index is -1.12. The van der Waals surface area contributed by atoms with Crippen LogP contribution >= 0.6 is 0 Å². The van der Waals surface area contributed by atoms with Crippen molar-refractivity contribution in [3.63, 3.8) is 0 Å². The van der Waals surface area contributed by atoms with E-state index < -0.39 is 12.9 Å². The first-order chi connectivity index (χ1) is 3.81. The van der Waals surface area contributed by atoms with E-state index in [1.165, 1.54) is 7.11 Å². The summed E-state index contributed by atoms with van der Waals surface area (Å²) in [5.41, 5.74) is 0. The van der Waals surface area contributed by atoms with Crippen LogP contribution in [0.25, 0.3) is 0 Å². The second-order valence-corrected chi connectivity index (χ2v) is 1.21. The molecule has 50 valence electrons. The van der Waals surface area contributed by atoms with E-state index in [4.69, 9.17) is 10.2 Å². The number of ether oxygens (including phenoxy) is 2. The van der Waals surface area contributed by atoms with Crippen LogP contribution in [0, 0.1) is 0 Å². The average Bonchev–Trinajstić information content (AvgIpc) is 1.83. The van der Waals surface area contributed by atoms with Crippen molar-refractivity contribution in [1.82, 2.24) is 0 Å². The van der Waals surface area contributed by atoms with Crippen molar-refractivity contribution in [2.75, 3.05) is 20.5 Å². The molecule has 8 heavy (non-hydrogen) atoms. The molecule has 0 saturated carbocycles. The Kier molecular flexibility index (Phi) is 4.89. The molecule has 0 aromatic rings. The number of hydrogen-bond donors (Lipinski definition) is 2. The lowest BCUT2D eigenvalue weighted by molar-refractivity contribution is -0.176. The van der Waals surface area contributed by atoms with Crippen LogP contribution in [0.1, 0.15) is 0 Å². The molecule has 0 amide bonds. The Balaban J connectivity index is 2.86. The van der Waals surface area contributed by atoms with Crippen LogP contribution in [-0.2, 0) is 9.47 Å². The number of hydrogen-bond acceptors (Lipinski definition) is 4. The molecule has 4 heteroatoms. The molecule has 1 atom stereocenters. The van der Waals surface area contributed by atoms with E-state index in [-0.39, 0.29) is 6.79 Å². The zero-order chi connectivity index (χ0) is 6.41. The van der Waals surface area contributed by atoms with Crippen molar-refractivity contribution >= 4 is 0 Å². The van der Waals surface area contributed by atoms with Crippen molar-refractivity contribution in [2.24, 2.45) is 0 Å². The van der Waals surface area contributed by atoms with Gasteiger partial charge in [0.2, 0.25) is 0 Å². The monoisotopic (exact) mass is 122 g/mol. The molecule has 0 fully saturated rings. The molecular weight excluding hydrogens is 112 g/mol. The van der Waals surface area contributed by atoms with Gasteiger partial charge in [-0.25, -0.2) is 0 Å². The van der Waals surface area contributed by atoms with Gasteiger partial charge in [-0.05, 0) is 0 Å². The SMILES string of the molecule is COCOC(O)CO. The summed E-state index contributed by atoms with van der Waals surface area (Å²) < 4.78 is 8.84. The Morgan fingerprint density at radius 2 is 2.25 bits per heavy atom. The van der Waals surface area contributed by atoms with Gasteiger partial charge in [0.15, 0.2) is 6.29 Å². The molecule has 0 heterocycles. The summed E-state index contributed by atoms with van der Waals surface area (Å²) in [4.78, 5) is 0. The molecule has 2 N–H and O–H groups in total. The molecule has 0 rings (SSSR count). The topological polar surface area (TPSA) is 58.9 Å². The van der Waals surface area contributed by atoms with Gasteiger partial charge in [-0.1, -0.05) is 0 Å². The van der Waals surface area contributed by atoms with Crippen molar-refractivity contribution in [1.29, 1.82) is 0 Å². The maximum Gasteiger partial charge on any atom is 0.180 e. The summed E-state index contributed by atoms with van der Waals surface area (Å²) in [6.07, 6.45) is -1.12. The van der Waals surface area contributed by atoms with E-state index >= 15 is 0 Å². The molecule has 1 unspecified atom stereocenters. The first kappa shape index (κ1) is 7.84. The van der Waals surface area contributed by atoms with Crippen LogP contribution in [0.4, 0.5) is 0 Å². The summed E-state index contributed by atoms with van der Waals surface area (Å²) in [6, 6.07) is 0. The van der Waals surface area contributed by atoms with Crippen LogP contribution < -0.4 is 0 Å². The lowest BCUT2D eigenvalue weighted by atomic mass is 10.7. The van der Waals surface area contributed by atoms with Gasteiger partial charge in [-0.2, -0.15) is 0 Å². The fourth-order valence-electron chi connectivity index (χ4n) is 0.199. The molecule has 0 radical (unpaired) electrons. The van der Waals surface area contributed by atoms with Crippen molar-refractivity contribution in [2.45, 2.75) is 6.29 Å². The maximum absolute atomic E-state index is 8.44. The molecule has 0 aliphatic carbocycles. The Labute approximate surface area is 47.6 Å². The number of aliphatic hydroxyl groups excluding tert-OH is 2. The number of methoxy groups -OCH3 is 1. The largest absolute Gasteiger partial charge is 0.391 e. The first-order valence-corrected chi connectivity index (χ1v) is 2.20. The van der Waals surface area contributed by atoms with Crippen molar-refractivity contribution < 1.29 is 19.7 Å². The fourth-order valence-corrected chi connectivity index (χ4v) is 0.199. The van der Waals surface area contributed by atoms with E-state index in [1.54, 1.807) is 0 Å². The Morgan fingerprint density at radius 1 is 1.62 bits per heavy atom. The second kappa shape index (κ2) is 4.99. The highest BCUT2D eigenvalue weighted by molar-refractivity contribution is 4.27. The minimum absolute atomic E-state index is 0.00171. The van der Waals surface area contributed by atoms with Crippen LogP contribution in [0.15, 0.2) is 0 Å². The third kappa shape index (κ3) is 4.01. The normalized spacial score (nSPS) is 13.9. The summed E-state index contributed by atoms with van der Waals surface area (Å²) in [5, 5.41) is 16.6. The summed E-state index contributed by atoms with van der Waals surface area (Å²) in [7, 11) is 1.43. The Hall–Kier alpha value is -0.160. The summed E-state index contributed by atoms with van der Waals surface area (Å²) >= 11 is 0. The standard InChI is InChI=1S/C4H10O4/c1-7-3-8-4(6)2-5/h4-6H,2-3H2,1H3. The van der Waals surface area contributed by atoms with Crippen molar-refractivity contribution in [3.05, 3.63) is 0 Å². The van der Waals surface area contributed by atoms with Gasteiger partial charge < -0.3 is 19.7 Å². The van der Waals surface area contributed by atoms with E-state index in [1.807, 2.05) is 0 Å². The Morgan fingerprint density at radius 3 is 2.62 bits per heavy atom. The summed E-state index contributed by atoms with van der Waals surface area (Å²) in [5.74, 6) is 0. The molecular formula is C4H10O4. The fraction of sp³-hybridized carbons (Fsp3) is 1.00. The molecule has 0 aromatic carbocycles. The number of aliphatic hydroxyl groups is 2. The van der Waals surface area contributed by atoms with Crippen LogP contribution in [0.2, 0.25) is 0 Å². The predicted octanol–water partition coefficient (Wildman–Crippen LogP) is -1.08. The number of rotatable bonds is 4. The van der Waals surface area contributed by atoms with E-state index in [0.29, 0.717) is 0 Å². The van der Waals surface area contributed by atoms with Crippen molar-refractivity contribution in [3.8, 4) is 0 Å². The van der Waals surface area contributed by atoms with Gasteiger partial charge in [0.05, 0.1) is 6.61 Å². The second-order valence-electron chi connectivity index (χ2n) is 1.21.